The van der Waals surface area contributed by atoms with E-state index < -0.39 is 15.9 Å². The van der Waals surface area contributed by atoms with Crippen LogP contribution in [0, 0.1) is 5.92 Å². The second-order valence-corrected chi connectivity index (χ2v) is 10.7. The minimum absolute atomic E-state index is 0. The van der Waals surface area contributed by atoms with E-state index >= 15 is 0 Å². The van der Waals surface area contributed by atoms with Gasteiger partial charge in [-0.1, -0.05) is 42.5 Å². The van der Waals surface area contributed by atoms with E-state index in [2.05, 4.69) is 20.7 Å². The summed E-state index contributed by atoms with van der Waals surface area (Å²) in [6.07, 6.45) is 2.01. The SMILES string of the molecule is Cl.O=C(CNC(=O)c1ccc(S(=O)(=O)Nc2ccccc2C(=O)c2ccccc2)cc1)NCC1CCNCC1. The third-order valence-electron chi connectivity index (χ3n) is 6.33. The first-order valence-electron chi connectivity index (χ1n) is 12.4. The maximum absolute atomic E-state index is 13.0. The Hall–Kier alpha value is -3.73. The van der Waals surface area contributed by atoms with Crippen molar-refractivity contribution in [1.29, 1.82) is 0 Å². The van der Waals surface area contributed by atoms with Crippen molar-refractivity contribution in [1.82, 2.24) is 16.0 Å². The molecular formula is C28H31ClN4O5S. The molecule has 1 aliphatic heterocycles. The van der Waals surface area contributed by atoms with Crippen molar-refractivity contribution < 1.29 is 22.8 Å². The maximum Gasteiger partial charge on any atom is 0.261 e. The lowest BCUT2D eigenvalue weighted by Crippen LogP contribution is -2.40. The number of amides is 2. The molecule has 2 amide bonds. The van der Waals surface area contributed by atoms with Gasteiger partial charge in [-0.15, -0.1) is 12.4 Å². The van der Waals surface area contributed by atoms with Crippen molar-refractivity contribution in [2.24, 2.45) is 5.92 Å². The Morgan fingerprint density at radius 2 is 1.44 bits per heavy atom. The van der Waals surface area contributed by atoms with Crippen LogP contribution in [0.25, 0.3) is 0 Å². The highest BCUT2D eigenvalue weighted by Crippen LogP contribution is 2.23. The maximum atomic E-state index is 13.0. The molecule has 1 aliphatic rings. The van der Waals surface area contributed by atoms with Gasteiger partial charge < -0.3 is 16.0 Å². The Bertz CT molecular complexity index is 1390. The van der Waals surface area contributed by atoms with Crippen LogP contribution in [0.5, 0.6) is 0 Å². The number of rotatable bonds is 10. The van der Waals surface area contributed by atoms with Gasteiger partial charge in [0.1, 0.15) is 0 Å². The molecule has 4 rings (SSSR count). The Balaban J connectivity index is 0.00000420. The van der Waals surface area contributed by atoms with Gasteiger partial charge in [-0.3, -0.25) is 19.1 Å². The predicted octanol–water partition coefficient (Wildman–Crippen LogP) is 2.99. The van der Waals surface area contributed by atoms with Crippen LogP contribution in [0.15, 0.2) is 83.8 Å². The predicted molar refractivity (Wildman–Crippen MR) is 152 cm³/mol. The van der Waals surface area contributed by atoms with E-state index in [0.29, 0.717) is 18.0 Å². The highest BCUT2D eigenvalue weighted by atomic mass is 35.5. The van der Waals surface area contributed by atoms with Crippen LogP contribution in [0.1, 0.15) is 39.1 Å². The quantitative estimate of drug-likeness (QED) is 0.277. The van der Waals surface area contributed by atoms with Crippen molar-refractivity contribution in [3.63, 3.8) is 0 Å². The van der Waals surface area contributed by atoms with Crippen LogP contribution in [0.2, 0.25) is 0 Å². The zero-order chi connectivity index (χ0) is 27.0. The van der Waals surface area contributed by atoms with E-state index in [-0.39, 0.29) is 52.4 Å². The molecule has 39 heavy (non-hydrogen) atoms. The summed E-state index contributed by atoms with van der Waals surface area (Å²) in [4.78, 5) is 37.4. The molecule has 0 aliphatic carbocycles. The molecular weight excluding hydrogens is 540 g/mol. The molecule has 0 atom stereocenters. The van der Waals surface area contributed by atoms with Crippen LogP contribution in [0.3, 0.4) is 0 Å². The summed E-state index contributed by atoms with van der Waals surface area (Å²) in [5.74, 6) is -0.639. The van der Waals surface area contributed by atoms with Crippen molar-refractivity contribution in [2.45, 2.75) is 17.7 Å². The fraction of sp³-hybridized carbons (Fsp3) is 0.250. The average molecular weight is 571 g/mol. The van der Waals surface area contributed by atoms with E-state index in [1.807, 2.05) is 0 Å². The number of anilines is 1. The Labute approximate surface area is 234 Å². The third-order valence-corrected chi connectivity index (χ3v) is 7.72. The zero-order valence-corrected chi connectivity index (χ0v) is 22.8. The number of hydrogen-bond acceptors (Lipinski definition) is 6. The number of carbonyl (C=O) groups is 3. The van der Waals surface area contributed by atoms with Crippen LogP contribution in [0.4, 0.5) is 5.69 Å². The molecule has 0 unspecified atom stereocenters. The summed E-state index contributed by atoms with van der Waals surface area (Å²) in [5, 5.41) is 8.67. The molecule has 4 N–H and O–H groups in total. The average Bonchev–Trinajstić information content (AvgIpc) is 2.95. The van der Waals surface area contributed by atoms with Crippen LogP contribution >= 0.6 is 12.4 Å². The van der Waals surface area contributed by atoms with Crippen LogP contribution in [-0.4, -0.2) is 52.2 Å². The van der Waals surface area contributed by atoms with Crippen molar-refractivity contribution in [3.8, 4) is 0 Å². The molecule has 9 nitrogen and oxygen atoms in total. The number of carbonyl (C=O) groups excluding carboxylic acids is 3. The van der Waals surface area contributed by atoms with Gasteiger partial charge in [0.2, 0.25) is 5.91 Å². The molecule has 0 spiro atoms. The lowest BCUT2D eigenvalue weighted by molar-refractivity contribution is -0.120. The number of piperidine rings is 1. The van der Waals surface area contributed by atoms with Gasteiger partial charge in [0.15, 0.2) is 5.78 Å². The molecule has 0 radical (unpaired) electrons. The first-order chi connectivity index (χ1) is 18.3. The highest BCUT2D eigenvalue weighted by Gasteiger charge is 2.20. The fourth-order valence-corrected chi connectivity index (χ4v) is 5.25. The molecule has 0 bridgehead atoms. The number of halogens is 1. The van der Waals surface area contributed by atoms with Gasteiger partial charge in [0.25, 0.3) is 15.9 Å². The highest BCUT2D eigenvalue weighted by molar-refractivity contribution is 7.92. The van der Waals surface area contributed by atoms with E-state index in [9.17, 15) is 22.8 Å². The van der Waals surface area contributed by atoms with Crippen molar-refractivity contribution in [3.05, 3.63) is 95.6 Å². The van der Waals surface area contributed by atoms with Crippen molar-refractivity contribution >= 4 is 45.7 Å². The first kappa shape index (κ1) is 29.8. The van der Waals surface area contributed by atoms with E-state index in [1.165, 1.54) is 30.3 Å². The molecule has 0 aromatic heterocycles. The van der Waals surface area contributed by atoms with Crippen molar-refractivity contribution in [2.75, 3.05) is 30.9 Å². The lowest BCUT2D eigenvalue weighted by Gasteiger charge is -2.22. The monoisotopic (exact) mass is 570 g/mol. The normalized spacial score (nSPS) is 13.5. The molecule has 11 heteroatoms. The van der Waals surface area contributed by atoms with Gasteiger partial charge in [-0.05, 0) is 68.2 Å². The topological polar surface area (TPSA) is 133 Å². The molecule has 0 saturated carbocycles. The minimum atomic E-state index is -4.04. The number of ketones is 1. The van der Waals surface area contributed by atoms with E-state index in [1.54, 1.807) is 48.5 Å². The molecule has 206 valence electrons. The standard InChI is InChI=1S/C28H30N4O5S.ClH/c33-26(30-18-20-14-16-29-17-15-20)19-31-28(35)22-10-12-23(13-11-22)38(36,37)32-25-9-5-4-8-24(25)27(34)21-6-2-1-3-7-21;/h1-13,20,29,32H,14-19H2,(H,30,33)(H,31,35);1H. The summed E-state index contributed by atoms with van der Waals surface area (Å²) >= 11 is 0. The number of para-hydroxylation sites is 1. The number of nitrogens with one attached hydrogen (secondary N) is 4. The molecule has 1 saturated heterocycles. The first-order valence-corrected chi connectivity index (χ1v) is 13.9. The number of benzene rings is 3. The molecule has 3 aromatic rings. The van der Waals surface area contributed by atoms with Gasteiger partial charge >= 0.3 is 0 Å². The Morgan fingerprint density at radius 1 is 0.795 bits per heavy atom. The smallest absolute Gasteiger partial charge is 0.261 e. The third kappa shape index (κ3) is 8.13. The summed E-state index contributed by atoms with van der Waals surface area (Å²) in [7, 11) is -4.04. The van der Waals surface area contributed by atoms with Crippen LogP contribution in [-0.2, 0) is 14.8 Å². The summed E-state index contributed by atoms with van der Waals surface area (Å²) in [6, 6.07) is 20.3. The molecule has 1 heterocycles. The lowest BCUT2D eigenvalue weighted by atomic mass is 9.98. The van der Waals surface area contributed by atoms with Crippen LogP contribution < -0.4 is 20.7 Å². The van der Waals surface area contributed by atoms with Gasteiger partial charge in [0, 0.05) is 23.2 Å². The largest absolute Gasteiger partial charge is 0.354 e. The fourth-order valence-electron chi connectivity index (χ4n) is 4.17. The Morgan fingerprint density at radius 3 is 2.13 bits per heavy atom. The molecule has 3 aromatic carbocycles. The van der Waals surface area contributed by atoms with Gasteiger partial charge in [0.05, 0.1) is 17.1 Å². The summed E-state index contributed by atoms with van der Waals surface area (Å²) in [5.41, 5.74) is 1.03. The second-order valence-electron chi connectivity index (χ2n) is 9.05. The van der Waals surface area contributed by atoms with E-state index in [0.717, 1.165) is 25.9 Å². The summed E-state index contributed by atoms with van der Waals surface area (Å²) in [6.45, 7) is 2.29. The minimum Gasteiger partial charge on any atom is -0.354 e. The second kappa shape index (κ2) is 13.9. The number of hydrogen-bond donors (Lipinski definition) is 4. The van der Waals surface area contributed by atoms with E-state index in [4.69, 9.17) is 0 Å². The Kier molecular flexibility index (Phi) is 10.6. The number of sulfonamides is 1. The molecule has 1 fully saturated rings. The van der Waals surface area contributed by atoms with Gasteiger partial charge in [-0.25, -0.2) is 8.42 Å². The zero-order valence-electron chi connectivity index (χ0n) is 21.2. The summed E-state index contributed by atoms with van der Waals surface area (Å²) < 4.78 is 28.5. The van der Waals surface area contributed by atoms with Gasteiger partial charge in [-0.2, -0.15) is 0 Å².